The number of ether oxygens (including phenoxy) is 1. The highest BCUT2D eigenvalue weighted by Crippen LogP contribution is 2.08. The molecule has 0 bridgehead atoms. The van der Waals surface area contributed by atoms with Gasteiger partial charge in [0.2, 0.25) is 0 Å². The summed E-state index contributed by atoms with van der Waals surface area (Å²) in [5.41, 5.74) is 6.28. The summed E-state index contributed by atoms with van der Waals surface area (Å²) in [7, 11) is 0. The first kappa shape index (κ1) is 21.7. The first-order chi connectivity index (χ1) is 10.6. The summed E-state index contributed by atoms with van der Waals surface area (Å²) < 4.78 is 5.20. The predicted octanol–water partition coefficient (Wildman–Crippen LogP) is 1.98. The number of rotatable bonds is 9. The zero-order valence-electron chi connectivity index (χ0n) is 13.2. The number of aliphatic imine (C=N–C) groups is 1. The van der Waals surface area contributed by atoms with E-state index in [1.54, 1.807) is 24.3 Å². The van der Waals surface area contributed by atoms with Crippen LogP contribution in [0.25, 0.3) is 0 Å². The quantitative estimate of drug-likeness (QED) is 0.332. The fraction of sp³-hybridized carbons (Fsp3) is 0.467. The number of benzene rings is 1. The highest BCUT2D eigenvalue weighted by Gasteiger charge is 2.03. The molecule has 0 aliphatic heterocycles. The Morgan fingerprint density at radius 1 is 1.26 bits per heavy atom. The van der Waals surface area contributed by atoms with Gasteiger partial charge >= 0.3 is 0 Å². The number of nitrogens with one attached hydrogen (secondary N) is 2. The van der Waals surface area contributed by atoms with Gasteiger partial charge in [0.15, 0.2) is 5.96 Å². The van der Waals surface area contributed by atoms with Gasteiger partial charge in [-0.3, -0.25) is 9.79 Å². The second kappa shape index (κ2) is 13.2. The molecule has 0 unspecified atom stereocenters. The minimum absolute atomic E-state index is 0. The summed E-state index contributed by atoms with van der Waals surface area (Å²) in [5, 5.41) is 6.33. The lowest BCUT2D eigenvalue weighted by Crippen LogP contribution is -2.38. The number of halogens is 2. The topological polar surface area (TPSA) is 88.7 Å². The average Bonchev–Trinajstić information content (AvgIpc) is 2.52. The number of hydrogen-bond donors (Lipinski definition) is 3. The fourth-order valence-corrected chi connectivity index (χ4v) is 1.76. The molecule has 0 saturated heterocycles. The van der Waals surface area contributed by atoms with Gasteiger partial charge in [-0.15, -0.1) is 17.0 Å². The van der Waals surface area contributed by atoms with E-state index >= 15 is 0 Å². The summed E-state index contributed by atoms with van der Waals surface area (Å²) in [5.74, 6) is 0.225. The molecule has 0 saturated carbocycles. The van der Waals surface area contributed by atoms with Crippen molar-refractivity contribution >= 4 is 40.4 Å². The highest BCUT2D eigenvalue weighted by atomic mass is 79.9. The minimum Gasteiger partial charge on any atom is -0.382 e. The number of carbonyl (C=O) groups is 1. The molecular weight excluding hydrogens is 384 g/mol. The van der Waals surface area contributed by atoms with Gasteiger partial charge in [-0.25, -0.2) is 0 Å². The third kappa shape index (κ3) is 10.1. The third-order valence-electron chi connectivity index (χ3n) is 2.76. The van der Waals surface area contributed by atoms with Crippen molar-refractivity contribution in [2.75, 3.05) is 32.8 Å². The number of amides is 1. The van der Waals surface area contributed by atoms with E-state index in [2.05, 4.69) is 15.6 Å². The molecule has 1 aromatic rings. The van der Waals surface area contributed by atoms with Crippen LogP contribution < -0.4 is 16.4 Å². The van der Waals surface area contributed by atoms with Crippen molar-refractivity contribution in [3.05, 3.63) is 34.9 Å². The molecule has 6 nitrogen and oxygen atoms in total. The van der Waals surface area contributed by atoms with Crippen LogP contribution in [0.3, 0.4) is 0 Å². The number of nitrogens with zero attached hydrogens (tertiary/aromatic N) is 1. The van der Waals surface area contributed by atoms with Crippen molar-refractivity contribution in [3.8, 4) is 0 Å². The Bertz CT molecular complexity index is 483. The lowest BCUT2D eigenvalue weighted by molar-refractivity contribution is 0.0954. The normalized spacial score (nSPS) is 10.8. The largest absolute Gasteiger partial charge is 0.382 e. The molecular formula is C15H24BrClN4O2. The van der Waals surface area contributed by atoms with E-state index in [0.29, 0.717) is 49.4 Å². The maximum absolute atomic E-state index is 11.8. The summed E-state index contributed by atoms with van der Waals surface area (Å²) in [6.45, 7) is 4.94. The van der Waals surface area contributed by atoms with Crippen LogP contribution in [0.15, 0.2) is 29.3 Å². The van der Waals surface area contributed by atoms with Crippen molar-refractivity contribution in [1.29, 1.82) is 0 Å². The van der Waals surface area contributed by atoms with Gasteiger partial charge in [-0.05, 0) is 37.6 Å². The molecule has 0 aliphatic rings. The van der Waals surface area contributed by atoms with E-state index in [1.165, 1.54) is 0 Å². The molecule has 0 aromatic heterocycles. The van der Waals surface area contributed by atoms with E-state index in [0.717, 1.165) is 6.42 Å². The Kier molecular flexibility index (Phi) is 12.4. The molecule has 0 radical (unpaired) electrons. The first-order valence-corrected chi connectivity index (χ1v) is 7.66. The zero-order valence-corrected chi connectivity index (χ0v) is 15.6. The van der Waals surface area contributed by atoms with Crippen LogP contribution in [0.1, 0.15) is 23.7 Å². The predicted molar refractivity (Wildman–Crippen MR) is 99.7 cm³/mol. The Hall–Kier alpha value is -1.31. The summed E-state index contributed by atoms with van der Waals surface area (Å²) >= 11 is 5.77. The molecule has 130 valence electrons. The highest BCUT2D eigenvalue weighted by molar-refractivity contribution is 8.93. The third-order valence-corrected chi connectivity index (χ3v) is 3.01. The van der Waals surface area contributed by atoms with Gasteiger partial charge in [-0.2, -0.15) is 0 Å². The molecule has 0 atom stereocenters. The molecule has 1 rings (SSSR count). The van der Waals surface area contributed by atoms with Gasteiger partial charge < -0.3 is 21.1 Å². The molecule has 0 aliphatic carbocycles. The van der Waals surface area contributed by atoms with Gasteiger partial charge in [0, 0.05) is 43.4 Å². The molecule has 0 spiro atoms. The van der Waals surface area contributed by atoms with E-state index in [-0.39, 0.29) is 22.9 Å². The average molecular weight is 408 g/mol. The van der Waals surface area contributed by atoms with Crippen LogP contribution in [0.2, 0.25) is 5.02 Å². The molecule has 23 heavy (non-hydrogen) atoms. The number of carbonyl (C=O) groups excluding carboxylic acids is 1. The second-order valence-electron chi connectivity index (χ2n) is 4.51. The summed E-state index contributed by atoms with van der Waals surface area (Å²) in [4.78, 5) is 16.0. The monoisotopic (exact) mass is 406 g/mol. The van der Waals surface area contributed by atoms with Crippen LogP contribution in [0.4, 0.5) is 0 Å². The van der Waals surface area contributed by atoms with Crippen molar-refractivity contribution in [2.24, 2.45) is 10.7 Å². The molecule has 0 heterocycles. The lowest BCUT2D eigenvalue weighted by atomic mass is 10.2. The Labute approximate surface area is 152 Å². The fourth-order valence-electron chi connectivity index (χ4n) is 1.64. The molecule has 4 N–H and O–H groups in total. The van der Waals surface area contributed by atoms with Crippen molar-refractivity contribution in [2.45, 2.75) is 13.3 Å². The Morgan fingerprint density at radius 3 is 2.57 bits per heavy atom. The molecule has 0 fully saturated rings. The van der Waals surface area contributed by atoms with E-state index in [9.17, 15) is 4.79 Å². The van der Waals surface area contributed by atoms with Gasteiger partial charge in [-0.1, -0.05) is 11.6 Å². The van der Waals surface area contributed by atoms with Crippen molar-refractivity contribution in [3.63, 3.8) is 0 Å². The van der Waals surface area contributed by atoms with Crippen molar-refractivity contribution < 1.29 is 9.53 Å². The van der Waals surface area contributed by atoms with Crippen LogP contribution in [-0.2, 0) is 4.74 Å². The summed E-state index contributed by atoms with van der Waals surface area (Å²) in [6, 6.07) is 6.72. The Morgan fingerprint density at radius 2 is 1.91 bits per heavy atom. The number of nitrogens with two attached hydrogens (primary N) is 1. The Balaban J connectivity index is 0.00000484. The molecule has 1 aromatic carbocycles. The first-order valence-electron chi connectivity index (χ1n) is 7.28. The van der Waals surface area contributed by atoms with Gasteiger partial charge in [0.05, 0.1) is 0 Å². The summed E-state index contributed by atoms with van der Waals surface area (Å²) in [6.07, 6.45) is 0.837. The minimum atomic E-state index is -0.148. The standard InChI is InChI=1S/C15H23ClN4O2.BrH/c1-2-22-11-3-8-19-15(17)20-10-9-18-14(21)12-4-6-13(16)7-5-12;/h4-7H,2-3,8-11H2,1H3,(H,18,21)(H3,17,19,20);1H. The smallest absolute Gasteiger partial charge is 0.251 e. The SMILES string of the molecule is Br.CCOCCCN=C(N)NCCNC(=O)c1ccc(Cl)cc1. The zero-order chi connectivity index (χ0) is 16.2. The van der Waals surface area contributed by atoms with Gasteiger partial charge in [0.1, 0.15) is 0 Å². The van der Waals surface area contributed by atoms with Gasteiger partial charge in [0.25, 0.3) is 5.91 Å². The van der Waals surface area contributed by atoms with Crippen LogP contribution >= 0.6 is 28.6 Å². The van der Waals surface area contributed by atoms with E-state index in [1.807, 2.05) is 6.92 Å². The van der Waals surface area contributed by atoms with Crippen LogP contribution in [0, 0.1) is 0 Å². The lowest BCUT2D eigenvalue weighted by Gasteiger charge is -2.07. The van der Waals surface area contributed by atoms with Crippen LogP contribution in [0.5, 0.6) is 0 Å². The number of guanidine groups is 1. The number of hydrogen-bond acceptors (Lipinski definition) is 3. The van der Waals surface area contributed by atoms with Crippen LogP contribution in [-0.4, -0.2) is 44.7 Å². The maximum atomic E-state index is 11.8. The van der Waals surface area contributed by atoms with Crippen molar-refractivity contribution in [1.82, 2.24) is 10.6 Å². The molecule has 8 heteroatoms. The second-order valence-corrected chi connectivity index (χ2v) is 4.94. The van der Waals surface area contributed by atoms with E-state index in [4.69, 9.17) is 22.1 Å². The maximum Gasteiger partial charge on any atom is 0.251 e. The molecule has 1 amide bonds. The van der Waals surface area contributed by atoms with E-state index < -0.39 is 0 Å².